The lowest BCUT2D eigenvalue weighted by atomic mass is 9.49. The zero-order valence-corrected chi connectivity index (χ0v) is 34.4. The maximum Gasteiger partial charge on any atom is 0.260 e. The topological polar surface area (TPSA) is 133 Å². The van der Waals surface area contributed by atoms with Crippen molar-refractivity contribution in [3.05, 3.63) is 203 Å². The van der Waals surface area contributed by atoms with Gasteiger partial charge in [0.05, 0.1) is 34.5 Å². The highest BCUT2D eigenvalue weighted by atomic mass is 16.5. The first-order valence-electron chi connectivity index (χ1n) is 21.2. The Bertz CT molecular complexity index is 2810. The normalized spacial score (nSPS) is 23.8. The molecule has 4 aliphatic rings. The Balaban J connectivity index is 1.07. The van der Waals surface area contributed by atoms with Gasteiger partial charge in [-0.25, -0.2) is 0 Å². The van der Waals surface area contributed by atoms with Gasteiger partial charge in [-0.05, 0) is 79.3 Å². The molecular formula is C53H43N3O7. The third-order valence-electron chi connectivity index (χ3n) is 13.4. The van der Waals surface area contributed by atoms with Crippen LogP contribution in [0.3, 0.4) is 0 Å². The summed E-state index contributed by atoms with van der Waals surface area (Å²) in [4.78, 5) is 74.3. The van der Waals surface area contributed by atoms with Crippen LogP contribution in [0.4, 0.5) is 11.4 Å². The van der Waals surface area contributed by atoms with Crippen LogP contribution in [-0.4, -0.2) is 39.5 Å². The number of nitrogens with zero attached hydrogens (tertiary/aromatic N) is 2. The zero-order valence-electron chi connectivity index (χ0n) is 34.4. The smallest absolute Gasteiger partial charge is 0.260 e. The number of hydrazine groups is 1. The largest absolute Gasteiger partial charge is 0.508 e. The van der Waals surface area contributed by atoms with E-state index in [0.717, 1.165) is 21.7 Å². The number of phenols is 1. The van der Waals surface area contributed by atoms with Crippen molar-refractivity contribution in [2.24, 2.45) is 23.7 Å². The molecule has 63 heavy (non-hydrogen) atoms. The number of ketones is 1. The molecule has 3 fully saturated rings. The molecule has 6 aromatic rings. The number of allylic oxidation sites excluding steroid dienone is 2. The molecule has 10 heteroatoms. The average Bonchev–Trinajstić information content (AvgIpc) is 3.70. The third-order valence-corrected chi connectivity index (χ3v) is 13.4. The summed E-state index contributed by atoms with van der Waals surface area (Å²) in [7, 11) is 0. The van der Waals surface area contributed by atoms with Crippen molar-refractivity contribution < 1.29 is 33.8 Å². The minimum atomic E-state index is -1.55. The lowest BCUT2D eigenvalue weighted by Crippen LogP contribution is -2.53. The number of fused-ring (bicyclic) bond motifs is 4. The number of anilines is 2. The number of aryl methyl sites for hydroxylation is 1. The van der Waals surface area contributed by atoms with E-state index in [4.69, 9.17) is 4.74 Å². The van der Waals surface area contributed by atoms with Crippen LogP contribution in [0.5, 0.6) is 11.5 Å². The van der Waals surface area contributed by atoms with Crippen LogP contribution in [0.15, 0.2) is 169 Å². The minimum absolute atomic E-state index is 0.103. The van der Waals surface area contributed by atoms with Gasteiger partial charge in [-0.15, -0.1) is 0 Å². The number of hydrogen-bond donors (Lipinski definition) is 2. The molecular weight excluding hydrogens is 791 g/mol. The number of rotatable bonds is 10. The molecule has 2 heterocycles. The fraction of sp³-hybridized carbons (Fsp3) is 0.189. The minimum Gasteiger partial charge on any atom is -0.508 e. The van der Waals surface area contributed by atoms with Crippen molar-refractivity contribution in [3.8, 4) is 11.5 Å². The standard InChI is InChI=1S/C53H43N3O7/c1-32-17-21-37(22-18-32)54-56-50(60)44-30-43-40(27-28-42-46(43)51(61)55(49(42)59)38-23-19-35(20-24-38)48(58)34-13-7-3-8-14-34)47(53(44,52(56)62)36-15-9-4-10-16-36)41-26-25-39(29-45(41)57)63-31-33-11-5-2-6-12-33/h2-27,29,42-44,46-47,54,57H,28,30-31H2,1H3/t42-,43+,44-,46-,47+,53+/m0/s1. The van der Waals surface area contributed by atoms with E-state index >= 15 is 9.59 Å². The van der Waals surface area contributed by atoms with Gasteiger partial charge in [0.25, 0.3) is 11.8 Å². The van der Waals surface area contributed by atoms with E-state index in [1.807, 2.05) is 91.9 Å². The molecule has 2 N–H and O–H groups in total. The Kier molecular flexibility index (Phi) is 9.86. The number of carbonyl (C=O) groups is 5. The van der Waals surface area contributed by atoms with E-state index in [1.54, 1.807) is 72.8 Å². The summed E-state index contributed by atoms with van der Waals surface area (Å²) in [5, 5.41) is 13.2. The number of ether oxygens (including phenoxy) is 1. The quantitative estimate of drug-likeness (QED) is 0.0796. The summed E-state index contributed by atoms with van der Waals surface area (Å²) in [6.07, 6.45) is 2.27. The van der Waals surface area contributed by atoms with Crippen LogP contribution in [0.25, 0.3) is 0 Å². The molecule has 0 bridgehead atoms. The predicted octanol–water partition coefficient (Wildman–Crippen LogP) is 8.70. The molecule has 6 atom stereocenters. The van der Waals surface area contributed by atoms with Crippen molar-refractivity contribution in [1.82, 2.24) is 5.01 Å². The molecule has 10 nitrogen and oxygen atoms in total. The van der Waals surface area contributed by atoms with Crippen molar-refractivity contribution in [2.75, 3.05) is 10.3 Å². The summed E-state index contributed by atoms with van der Waals surface area (Å²) in [5.74, 6) is -5.75. The van der Waals surface area contributed by atoms with Crippen molar-refractivity contribution in [1.29, 1.82) is 0 Å². The summed E-state index contributed by atoms with van der Waals surface area (Å²) >= 11 is 0. The van der Waals surface area contributed by atoms with Crippen molar-refractivity contribution in [2.45, 2.75) is 37.7 Å². The molecule has 6 aromatic carbocycles. The molecule has 0 radical (unpaired) electrons. The first-order chi connectivity index (χ1) is 30.6. The number of nitrogens with one attached hydrogen (secondary N) is 1. The van der Waals surface area contributed by atoms with E-state index in [2.05, 4.69) is 5.43 Å². The lowest BCUT2D eigenvalue weighted by Gasteiger charge is -2.50. The fourth-order valence-electron chi connectivity index (χ4n) is 10.5. The molecule has 4 amide bonds. The molecule has 2 saturated heterocycles. The van der Waals surface area contributed by atoms with Crippen LogP contribution in [-0.2, 0) is 31.2 Å². The Morgan fingerprint density at radius 1 is 0.730 bits per heavy atom. The van der Waals surface area contributed by atoms with E-state index in [0.29, 0.717) is 39.4 Å². The number of carbonyl (C=O) groups excluding carboxylic acids is 5. The third kappa shape index (κ3) is 6.52. The van der Waals surface area contributed by atoms with Gasteiger partial charge >= 0.3 is 0 Å². The number of amides is 4. The summed E-state index contributed by atoms with van der Waals surface area (Å²) in [6.45, 7) is 2.21. The Hall–Kier alpha value is -7.59. The van der Waals surface area contributed by atoms with Gasteiger partial charge in [0.2, 0.25) is 11.8 Å². The Morgan fingerprint density at radius 3 is 2.06 bits per heavy atom. The lowest BCUT2D eigenvalue weighted by molar-refractivity contribution is -0.138. The van der Waals surface area contributed by atoms with Gasteiger partial charge in [-0.2, -0.15) is 5.01 Å². The molecule has 1 saturated carbocycles. The summed E-state index contributed by atoms with van der Waals surface area (Å²) in [6, 6.07) is 46.6. The second-order valence-electron chi connectivity index (χ2n) is 16.8. The highest BCUT2D eigenvalue weighted by molar-refractivity contribution is 6.23. The van der Waals surface area contributed by atoms with Gasteiger partial charge in [0.1, 0.15) is 18.1 Å². The van der Waals surface area contributed by atoms with Crippen molar-refractivity contribution >= 4 is 40.8 Å². The average molecular weight is 834 g/mol. The molecule has 0 spiro atoms. The molecule has 10 rings (SSSR count). The van der Waals surface area contributed by atoms with E-state index < -0.39 is 52.7 Å². The number of aromatic hydroxyl groups is 1. The van der Waals surface area contributed by atoms with Crippen LogP contribution >= 0.6 is 0 Å². The number of imide groups is 2. The van der Waals surface area contributed by atoms with Crippen LogP contribution in [0.2, 0.25) is 0 Å². The van der Waals surface area contributed by atoms with Crippen molar-refractivity contribution in [3.63, 3.8) is 0 Å². The molecule has 312 valence electrons. The molecule has 0 aromatic heterocycles. The van der Waals surface area contributed by atoms with Crippen LogP contribution in [0.1, 0.15) is 56.9 Å². The highest BCUT2D eigenvalue weighted by Crippen LogP contribution is 2.65. The van der Waals surface area contributed by atoms with Gasteiger partial charge in [0, 0.05) is 28.7 Å². The molecule has 2 aliphatic heterocycles. The second kappa shape index (κ2) is 15.7. The SMILES string of the molecule is Cc1ccc(NN2C(=O)[C@@H]3C[C@@H]4C(=CC[C@@H]5C(=O)N(c6ccc(C(=O)c7ccccc7)cc6)C(=O)[C@@H]54)[C@H](c4ccc(OCc5ccccc5)cc4O)[C@]3(c3ccccc3)C2=O)cc1. The number of hydrogen-bond acceptors (Lipinski definition) is 8. The van der Waals surface area contributed by atoms with Gasteiger partial charge < -0.3 is 9.84 Å². The zero-order chi connectivity index (χ0) is 43.4. The van der Waals surface area contributed by atoms with E-state index in [9.17, 15) is 19.5 Å². The first kappa shape index (κ1) is 39.5. The van der Waals surface area contributed by atoms with Gasteiger partial charge in [-0.1, -0.05) is 126 Å². The maximum absolute atomic E-state index is 15.5. The van der Waals surface area contributed by atoms with Crippen LogP contribution in [0, 0.1) is 30.6 Å². The monoisotopic (exact) mass is 833 g/mol. The van der Waals surface area contributed by atoms with Crippen LogP contribution < -0.4 is 15.1 Å². The molecule has 0 unspecified atom stereocenters. The second-order valence-corrected chi connectivity index (χ2v) is 16.8. The first-order valence-corrected chi connectivity index (χ1v) is 21.2. The fourth-order valence-corrected chi connectivity index (χ4v) is 10.5. The number of phenolic OH excluding ortho intramolecular Hbond substituents is 1. The van der Waals surface area contributed by atoms with E-state index in [1.165, 1.54) is 11.0 Å². The summed E-state index contributed by atoms with van der Waals surface area (Å²) in [5.41, 5.74) is 7.07. The highest BCUT2D eigenvalue weighted by Gasteiger charge is 2.70. The van der Waals surface area contributed by atoms with Gasteiger partial charge in [-0.3, -0.25) is 34.3 Å². The molecule has 2 aliphatic carbocycles. The van der Waals surface area contributed by atoms with Gasteiger partial charge in [0.15, 0.2) is 5.78 Å². The maximum atomic E-state index is 15.5. The van der Waals surface area contributed by atoms with E-state index in [-0.39, 0.29) is 36.9 Å². The Labute approximate surface area is 364 Å². The Morgan fingerprint density at radius 2 is 1.38 bits per heavy atom. The summed E-state index contributed by atoms with van der Waals surface area (Å²) < 4.78 is 6.11. The predicted molar refractivity (Wildman–Crippen MR) is 236 cm³/mol. The number of benzene rings is 6.